The van der Waals surface area contributed by atoms with Crippen molar-refractivity contribution >= 4 is 39.4 Å². The fraction of sp³-hybridized carbons (Fsp3) is 0.500. The molecule has 7 heteroatoms. The van der Waals surface area contributed by atoms with E-state index < -0.39 is 0 Å². The van der Waals surface area contributed by atoms with Crippen molar-refractivity contribution in [3.05, 3.63) is 26.4 Å². The maximum absolute atomic E-state index is 5.93. The Morgan fingerprint density at radius 3 is 2.79 bits per heavy atom. The number of nitrogens with zero attached hydrogens (tertiary/aromatic N) is 3. The first-order chi connectivity index (χ1) is 9.17. The first-order valence-corrected chi connectivity index (χ1v) is 8.17. The summed E-state index contributed by atoms with van der Waals surface area (Å²) < 4.78 is 0.838. The van der Waals surface area contributed by atoms with Crippen LogP contribution in [-0.4, -0.2) is 28.7 Å². The quantitative estimate of drug-likeness (QED) is 0.845. The van der Waals surface area contributed by atoms with Gasteiger partial charge in [-0.25, -0.2) is 0 Å². The number of hydrogen-bond donors (Lipinski definition) is 1. The molecule has 0 bridgehead atoms. The Morgan fingerprint density at radius 1 is 1.26 bits per heavy atom. The maximum Gasteiger partial charge on any atom is 0.205 e. The van der Waals surface area contributed by atoms with Gasteiger partial charge in [-0.15, -0.1) is 21.5 Å². The van der Waals surface area contributed by atoms with Crippen LogP contribution in [-0.2, 0) is 13.1 Å². The lowest BCUT2D eigenvalue weighted by Gasteiger charge is -2.12. The number of rotatable bonds is 7. The fourth-order valence-corrected chi connectivity index (χ4v) is 3.62. The van der Waals surface area contributed by atoms with E-state index in [-0.39, 0.29) is 0 Å². The lowest BCUT2D eigenvalue weighted by atomic mass is 10.4. The van der Waals surface area contributed by atoms with Crippen molar-refractivity contribution in [3.8, 4) is 0 Å². The van der Waals surface area contributed by atoms with Gasteiger partial charge in [0, 0.05) is 18.0 Å². The Hall–Kier alpha value is -0.690. The van der Waals surface area contributed by atoms with Crippen LogP contribution in [0, 0.1) is 0 Å². The zero-order chi connectivity index (χ0) is 13.7. The molecular formula is C12H17ClN4S2. The van der Waals surface area contributed by atoms with Gasteiger partial charge in [0.25, 0.3) is 0 Å². The van der Waals surface area contributed by atoms with Gasteiger partial charge in [-0.2, -0.15) is 0 Å². The molecular weight excluding hydrogens is 300 g/mol. The molecule has 0 aliphatic rings. The summed E-state index contributed by atoms with van der Waals surface area (Å²) in [5.41, 5.74) is 0. The molecule has 0 spiro atoms. The van der Waals surface area contributed by atoms with Crippen LogP contribution in [0.4, 0.5) is 5.13 Å². The summed E-state index contributed by atoms with van der Waals surface area (Å²) >= 11 is 9.17. The monoisotopic (exact) mass is 316 g/mol. The number of aromatic nitrogens is 2. The van der Waals surface area contributed by atoms with Crippen molar-refractivity contribution in [2.24, 2.45) is 0 Å². The molecule has 0 amide bonds. The van der Waals surface area contributed by atoms with E-state index in [1.807, 2.05) is 6.07 Å². The summed E-state index contributed by atoms with van der Waals surface area (Å²) in [5.74, 6) is 0. The molecule has 1 N–H and O–H groups in total. The normalized spacial score (nSPS) is 11.2. The van der Waals surface area contributed by atoms with Crippen LogP contribution in [0.15, 0.2) is 12.1 Å². The molecule has 0 saturated carbocycles. The number of nitrogens with one attached hydrogen (secondary N) is 1. The minimum Gasteiger partial charge on any atom is -0.360 e. The van der Waals surface area contributed by atoms with Crippen LogP contribution in [0.1, 0.15) is 23.2 Å². The molecule has 2 aromatic rings. The van der Waals surface area contributed by atoms with E-state index in [9.17, 15) is 0 Å². The predicted octanol–water partition coefficient (Wildman–Crippen LogP) is 3.71. The lowest BCUT2D eigenvalue weighted by Crippen LogP contribution is -2.16. The van der Waals surface area contributed by atoms with Crippen LogP contribution in [0.5, 0.6) is 0 Å². The summed E-state index contributed by atoms with van der Waals surface area (Å²) in [6.45, 7) is 4.77. The highest BCUT2D eigenvalue weighted by molar-refractivity contribution is 7.16. The molecule has 0 aromatic carbocycles. The minimum absolute atomic E-state index is 0.807. The summed E-state index contributed by atoms with van der Waals surface area (Å²) in [7, 11) is 2.08. The number of thiophene rings is 1. The predicted molar refractivity (Wildman–Crippen MR) is 83.2 cm³/mol. The van der Waals surface area contributed by atoms with Gasteiger partial charge in [-0.3, -0.25) is 4.90 Å². The van der Waals surface area contributed by atoms with E-state index in [0.29, 0.717) is 0 Å². The van der Waals surface area contributed by atoms with Crippen molar-refractivity contribution in [1.82, 2.24) is 15.1 Å². The van der Waals surface area contributed by atoms with E-state index in [1.54, 1.807) is 22.7 Å². The van der Waals surface area contributed by atoms with Gasteiger partial charge < -0.3 is 5.32 Å². The van der Waals surface area contributed by atoms with Crippen molar-refractivity contribution < 1.29 is 0 Å². The van der Waals surface area contributed by atoms with Crippen LogP contribution in [0.3, 0.4) is 0 Å². The number of hydrogen-bond acceptors (Lipinski definition) is 6. The first kappa shape index (κ1) is 14.7. The maximum atomic E-state index is 5.93. The topological polar surface area (TPSA) is 41.1 Å². The SMILES string of the molecule is CCCNc1nnc(CN(C)Cc2ccc(Cl)s2)s1. The lowest BCUT2D eigenvalue weighted by molar-refractivity contribution is 0.320. The molecule has 2 aromatic heterocycles. The Morgan fingerprint density at radius 2 is 2.11 bits per heavy atom. The van der Waals surface area contributed by atoms with Crippen molar-refractivity contribution in [1.29, 1.82) is 0 Å². The molecule has 0 saturated heterocycles. The van der Waals surface area contributed by atoms with Gasteiger partial charge in [0.05, 0.1) is 10.9 Å². The smallest absolute Gasteiger partial charge is 0.205 e. The van der Waals surface area contributed by atoms with Crippen LogP contribution in [0.2, 0.25) is 4.34 Å². The zero-order valence-corrected chi connectivity index (χ0v) is 13.4. The van der Waals surface area contributed by atoms with Crippen LogP contribution >= 0.6 is 34.3 Å². The van der Waals surface area contributed by atoms with Gasteiger partial charge in [0.2, 0.25) is 5.13 Å². The molecule has 0 radical (unpaired) electrons. The van der Waals surface area contributed by atoms with Gasteiger partial charge >= 0.3 is 0 Å². The average Bonchev–Trinajstić information content (AvgIpc) is 2.96. The highest BCUT2D eigenvalue weighted by atomic mass is 35.5. The summed E-state index contributed by atoms with van der Waals surface area (Å²) in [6.07, 6.45) is 1.09. The summed E-state index contributed by atoms with van der Waals surface area (Å²) in [5, 5.41) is 13.5. The molecule has 0 aliphatic heterocycles. The fourth-order valence-electron chi connectivity index (χ4n) is 1.61. The molecule has 0 unspecified atom stereocenters. The van der Waals surface area contributed by atoms with Crippen molar-refractivity contribution in [2.45, 2.75) is 26.4 Å². The number of halogens is 1. The Kier molecular flexibility index (Phi) is 5.57. The standard InChI is InChI=1S/C12H17ClN4S2/c1-3-6-14-12-16-15-11(19-12)8-17(2)7-9-4-5-10(13)18-9/h4-5H,3,6-8H2,1-2H3,(H,14,16). The van der Waals surface area contributed by atoms with Crippen LogP contribution < -0.4 is 5.32 Å². The first-order valence-electron chi connectivity index (χ1n) is 6.16. The third-order valence-electron chi connectivity index (χ3n) is 2.45. The van der Waals surface area contributed by atoms with E-state index in [4.69, 9.17) is 11.6 Å². The van der Waals surface area contributed by atoms with E-state index in [0.717, 1.165) is 40.5 Å². The summed E-state index contributed by atoms with van der Waals surface area (Å²) in [6, 6.07) is 4.00. The molecule has 4 nitrogen and oxygen atoms in total. The Balaban J connectivity index is 1.84. The van der Waals surface area contributed by atoms with Gasteiger partial charge in [0.15, 0.2) is 0 Å². The van der Waals surface area contributed by atoms with E-state index in [1.165, 1.54) is 4.88 Å². The average molecular weight is 317 g/mol. The third kappa shape index (κ3) is 4.72. The number of anilines is 1. The molecule has 0 aliphatic carbocycles. The van der Waals surface area contributed by atoms with Crippen molar-refractivity contribution in [2.75, 3.05) is 18.9 Å². The van der Waals surface area contributed by atoms with Gasteiger partial charge in [-0.1, -0.05) is 29.9 Å². The molecule has 0 atom stereocenters. The Labute approximate surface area is 126 Å². The van der Waals surface area contributed by atoms with Gasteiger partial charge in [0.1, 0.15) is 5.01 Å². The largest absolute Gasteiger partial charge is 0.360 e. The van der Waals surface area contributed by atoms with E-state index >= 15 is 0 Å². The second-order valence-corrected chi connectivity index (χ2v) is 7.17. The highest BCUT2D eigenvalue weighted by Crippen LogP contribution is 2.23. The van der Waals surface area contributed by atoms with E-state index in [2.05, 4.69) is 40.5 Å². The highest BCUT2D eigenvalue weighted by Gasteiger charge is 2.08. The second kappa shape index (κ2) is 7.19. The molecule has 2 heterocycles. The molecule has 19 heavy (non-hydrogen) atoms. The second-order valence-electron chi connectivity index (χ2n) is 4.31. The molecule has 104 valence electrons. The molecule has 0 fully saturated rings. The molecule has 2 rings (SSSR count). The third-order valence-corrected chi connectivity index (χ3v) is 4.53. The van der Waals surface area contributed by atoms with Gasteiger partial charge in [-0.05, 0) is 25.6 Å². The van der Waals surface area contributed by atoms with Crippen molar-refractivity contribution in [3.63, 3.8) is 0 Å². The Bertz CT molecular complexity index is 511. The minimum atomic E-state index is 0.807. The zero-order valence-electron chi connectivity index (χ0n) is 11.0. The van der Waals surface area contributed by atoms with Crippen LogP contribution in [0.25, 0.3) is 0 Å². The summed E-state index contributed by atoms with van der Waals surface area (Å²) in [4.78, 5) is 3.48.